The molecule has 1 aliphatic carbocycles. The Morgan fingerprint density at radius 2 is 1.80 bits per heavy atom. The highest BCUT2D eigenvalue weighted by molar-refractivity contribution is 5.81. The van der Waals surface area contributed by atoms with E-state index in [4.69, 9.17) is 9.84 Å². The minimum atomic E-state index is -0.926. The van der Waals surface area contributed by atoms with Crippen LogP contribution in [0.25, 0.3) is 0 Å². The number of hydrogen-bond donors (Lipinski definition) is 1. The number of ether oxygens (including phenoxy) is 1. The second kappa shape index (κ2) is 4.96. The summed E-state index contributed by atoms with van der Waals surface area (Å²) in [6.07, 6.45) is 4.32. The van der Waals surface area contributed by atoms with Crippen LogP contribution in [0.15, 0.2) is 12.2 Å². The van der Waals surface area contributed by atoms with Gasteiger partial charge in [0.1, 0.15) is 0 Å². The first-order valence-corrected chi connectivity index (χ1v) is 5.10. The Balaban J connectivity index is 2.69. The van der Waals surface area contributed by atoms with Gasteiger partial charge in [0.05, 0.1) is 17.9 Å². The summed E-state index contributed by atoms with van der Waals surface area (Å²) >= 11 is 0. The van der Waals surface area contributed by atoms with Gasteiger partial charge in [-0.25, -0.2) is 0 Å². The summed E-state index contributed by atoms with van der Waals surface area (Å²) in [6, 6.07) is 0. The average molecular weight is 212 g/mol. The third-order valence-corrected chi connectivity index (χ3v) is 2.40. The van der Waals surface area contributed by atoms with Gasteiger partial charge in [0, 0.05) is 0 Å². The van der Waals surface area contributed by atoms with Crippen molar-refractivity contribution in [3.05, 3.63) is 12.2 Å². The van der Waals surface area contributed by atoms with E-state index < -0.39 is 23.8 Å². The van der Waals surface area contributed by atoms with Crippen LogP contribution in [0, 0.1) is 11.8 Å². The molecule has 0 unspecified atom stereocenters. The van der Waals surface area contributed by atoms with Gasteiger partial charge in [0.15, 0.2) is 0 Å². The van der Waals surface area contributed by atoms with E-state index in [1.54, 1.807) is 19.9 Å². The fraction of sp³-hybridized carbons (Fsp3) is 0.636. The van der Waals surface area contributed by atoms with Crippen molar-refractivity contribution in [1.82, 2.24) is 0 Å². The molecular weight excluding hydrogens is 196 g/mol. The third-order valence-electron chi connectivity index (χ3n) is 2.40. The molecule has 4 heteroatoms. The van der Waals surface area contributed by atoms with Crippen molar-refractivity contribution in [1.29, 1.82) is 0 Å². The highest BCUT2D eigenvalue weighted by Crippen LogP contribution is 2.27. The summed E-state index contributed by atoms with van der Waals surface area (Å²) in [7, 11) is 0. The smallest absolute Gasteiger partial charge is 0.310 e. The van der Waals surface area contributed by atoms with E-state index in [9.17, 15) is 9.59 Å². The zero-order chi connectivity index (χ0) is 11.4. The molecule has 4 nitrogen and oxygen atoms in total. The molecule has 84 valence electrons. The molecule has 0 aromatic carbocycles. The Kier molecular flexibility index (Phi) is 3.88. The van der Waals surface area contributed by atoms with Crippen molar-refractivity contribution in [2.24, 2.45) is 11.8 Å². The lowest BCUT2D eigenvalue weighted by Gasteiger charge is -2.24. The van der Waals surface area contributed by atoms with Crippen molar-refractivity contribution < 1.29 is 19.4 Å². The number of carbonyl (C=O) groups is 2. The largest absolute Gasteiger partial charge is 0.481 e. The molecule has 0 saturated heterocycles. The van der Waals surface area contributed by atoms with Gasteiger partial charge in [-0.2, -0.15) is 0 Å². The normalized spacial score (nSPS) is 25.3. The van der Waals surface area contributed by atoms with Crippen LogP contribution in [-0.4, -0.2) is 23.1 Å². The first kappa shape index (κ1) is 11.8. The molecule has 1 aliphatic rings. The van der Waals surface area contributed by atoms with Crippen molar-refractivity contribution in [2.45, 2.75) is 32.8 Å². The lowest BCUT2D eigenvalue weighted by molar-refractivity contribution is -0.160. The standard InChI is InChI=1S/C11H16O4/c1-7(2)15-11(14)9-6-4-3-5-8(9)10(12)13/h3-4,7-9H,5-6H2,1-2H3,(H,12,13)/t8-,9-/m0/s1. The number of carboxylic acids is 1. The predicted octanol–water partition coefficient (Wildman–Crippen LogP) is 1.60. The molecule has 1 N–H and O–H groups in total. The van der Waals surface area contributed by atoms with Crippen LogP contribution in [0.5, 0.6) is 0 Å². The lowest BCUT2D eigenvalue weighted by Crippen LogP contribution is -2.33. The van der Waals surface area contributed by atoms with Crippen molar-refractivity contribution >= 4 is 11.9 Å². The van der Waals surface area contributed by atoms with Crippen molar-refractivity contribution in [2.75, 3.05) is 0 Å². The van der Waals surface area contributed by atoms with Crippen LogP contribution in [0.3, 0.4) is 0 Å². The monoisotopic (exact) mass is 212 g/mol. The summed E-state index contributed by atoms with van der Waals surface area (Å²) in [5.41, 5.74) is 0. The summed E-state index contributed by atoms with van der Waals surface area (Å²) in [6.45, 7) is 3.51. The van der Waals surface area contributed by atoms with E-state index in [0.717, 1.165) is 0 Å². The summed E-state index contributed by atoms with van der Waals surface area (Å²) in [5.74, 6) is -2.50. The van der Waals surface area contributed by atoms with Crippen LogP contribution >= 0.6 is 0 Å². The number of rotatable bonds is 3. The second-order valence-electron chi connectivity index (χ2n) is 3.98. The predicted molar refractivity (Wildman–Crippen MR) is 54.2 cm³/mol. The minimum Gasteiger partial charge on any atom is -0.481 e. The van der Waals surface area contributed by atoms with Gasteiger partial charge >= 0.3 is 11.9 Å². The zero-order valence-corrected chi connectivity index (χ0v) is 8.97. The number of allylic oxidation sites excluding steroid dienone is 2. The number of aliphatic carboxylic acids is 1. The Morgan fingerprint density at radius 3 is 2.27 bits per heavy atom. The average Bonchev–Trinajstić information content (AvgIpc) is 2.16. The maximum atomic E-state index is 11.6. The molecule has 0 aromatic rings. The van der Waals surface area contributed by atoms with Crippen LogP contribution < -0.4 is 0 Å². The van der Waals surface area contributed by atoms with Gasteiger partial charge < -0.3 is 9.84 Å². The van der Waals surface area contributed by atoms with Gasteiger partial charge in [-0.15, -0.1) is 0 Å². The molecule has 2 atom stereocenters. The molecule has 0 radical (unpaired) electrons. The third kappa shape index (κ3) is 3.08. The van der Waals surface area contributed by atoms with E-state index >= 15 is 0 Å². The summed E-state index contributed by atoms with van der Waals surface area (Å²) in [5, 5.41) is 8.95. The van der Waals surface area contributed by atoms with Gasteiger partial charge in [-0.05, 0) is 26.7 Å². The van der Waals surface area contributed by atoms with E-state index in [1.165, 1.54) is 0 Å². The highest BCUT2D eigenvalue weighted by atomic mass is 16.5. The SMILES string of the molecule is CC(C)OC(=O)[C@H]1CC=CC[C@@H]1C(=O)O. The highest BCUT2D eigenvalue weighted by Gasteiger charge is 2.35. The van der Waals surface area contributed by atoms with Crippen LogP contribution in [-0.2, 0) is 14.3 Å². The maximum Gasteiger partial charge on any atom is 0.310 e. The van der Waals surface area contributed by atoms with Gasteiger partial charge in [-0.1, -0.05) is 12.2 Å². The van der Waals surface area contributed by atoms with Crippen LogP contribution in [0.4, 0.5) is 0 Å². The Labute approximate surface area is 88.9 Å². The molecule has 0 aromatic heterocycles. The number of esters is 1. The first-order chi connectivity index (χ1) is 7.02. The first-order valence-electron chi connectivity index (χ1n) is 5.10. The van der Waals surface area contributed by atoms with Crippen molar-refractivity contribution in [3.63, 3.8) is 0 Å². The van der Waals surface area contributed by atoms with E-state index in [1.807, 2.05) is 6.08 Å². The molecule has 0 fully saturated rings. The van der Waals surface area contributed by atoms with Gasteiger partial charge in [-0.3, -0.25) is 9.59 Å². The molecule has 15 heavy (non-hydrogen) atoms. The number of carbonyl (C=O) groups excluding carboxylic acids is 1. The summed E-state index contributed by atoms with van der Waals surface area (Å²) in [4.78, 5) is 22.5. The van der Waals surface area contributed by atoms with Crippen LogP contribution in [0.2, 0.25) is 0 Å². The Bertz CT molecular complexity index is 280. The van der Waals surface area contributed by atoms with Gasteiger partial charge in [0.2, 0.25) is 0 Å². The molecule has 0 bridgehead atoms. The number of hydrogen-bond acceptors (Lipinski definition) is 3. The van der Waals surface area contributed by atoms with E-state index in [0.29, 0.717) is 12.8 Å². The second-order valence-corrected chi connectivity index (χ2v) is 3.98. The minimum absolute atomic E-state index is 0.196. The number of carboxylic acid groups (broad SMARTS) is 1. The zero-order valence-electron chi connectivity index (χ0n) is 8.97. The topological polar surface area (TPSA) is 63.6 Å². The summed E-state index contributed by atoms with van der Waals surface area (Å²) < 4.78 is 5.03. The molecular formula is C11H16O4. The fourth-order valence-corrected chi connectivity index (χ4v) is 1.67. The van der Waals surface area contributed by atoms with Gasteiger partial charge in [0.25, 0.3) is 0 Å². The fourth-order valence-electron chi connectivity index (χ4n) is 1.67. The van der Waals surface area contributed by atoms with E-state index in [2.05, 4.69) is 0 Å². The maximum absolute atomic E-state index is 11.6. The Hall–Kier alpha value is -1.32. The van der Waals surface area contributed by atoms with Crippen molar-refractivity contribution in [3.8, 4) is 0 Å². The molecule has 0 spiro atoms. The van der Waals surface area contributed by atoms with E-state index in [-0.39, 0.29) is 6.10 Å². The molecule has 0 amide bonds. The van der Waals surface area contributed by atoms with Crippen LogP contribution in [0.1, 0.15) is 26.7 Å². The molecule has 0 aliphatic heterocycles. The molecule has 0 saturated carbocycles. The lowest BCUT2D eigenvalue weighted by atomic mass is 9.83. The quantitative estimate of drug-likeness (QED) is 0.570. The molecule has 1 rings (SSSR count). The Morgan fingerprint density at radius 1 is 1.27 bits per heavy atom. The molecule has 0 heterocycles.